The summed E-state index contributed by atoms with van der Waals surface area (Å²) in [6.45, 7) is 0. The van der Waals surface area contributed by atoms with Crippen molar-refractivity contribution in [3.8, 4) is 0 Å². The first-order valence-electron chi connectivity index (χ1n) is 9.15. The molecule has 0 fully saturated rings. The summed E-state index contributed by atoms with van der Waals surface area (Å²) in [4.78, 5) is 22.4. The molecule has 0 unspecified atom stereocenters. The molecule has 0 aliphatic carbocycles. The van der Waals surface area contributed by atoms with Crippen molar-refractivity contribution in [2.45, 2.75) is 9.79 Å². The Kier molecular flexibility index (Phi) is 10.6. The maximum atomic E-state index is 12.2. The minimum Gasteiger partial charge on any atom is -0.478 e. The van der Waals surface area contributed by atoms with Gasteiger partial charge in [0.2, 0.25) is 0 Å². The molecule has 0 aliphatic rings. The quantitative estimate of drug-likeness (QED) is 0.716. The van der Waals surface area contributed by atoms with Crippen LogP contribution in [-0.2, 0) is 10.8 Å². The first kappa shape index (κ1) is 27.4. The van der Waals surface area contributed by atoms with Gasteiger partial charge in [-0.15, -0.1) is 0 Å². The van der Waals surface area contributed by atoms with E-state index in [0.717, 1.165) is 8.97 Å². The Hall–Kier alpha value is -2.55. The predicted molar refractivity (Wildman–Crippen MR) is 119 cm³/mol. The molecule has 0 radical (unpaired) electrons. The average molecular weight is 439 g/mol. The van der Waals surface area contributed by atoms with E-state index in [1.807, 2.05) is 0 Å². The van der Waals surface area contributed by atoms with Gasteiger partial charge in [-0.3, -0.25) is 0 Å². The monoisotopic (exact) mass is 438 g/mol. The highest BCUT2D eigenvalue weighted by Crippen LogP contribution is 2.17. The van der Waals surface area contributed by atoms with E-state index in [2.05, 4.69) is 56.4 Å². The van der Waals surface area contributed by atoms with Crippen molar-refractivity contribution in [1.82, 2.24) is 0 Å². The molecule has 166 valence electrons. The van der Waals surface area contributed by atoms with Crippen molar-refractivity contribution in [3.05, 3.63) is 59.7 Å². The fourth-order valence-corrected chi connectivity index (χ4v) is 2.62. The molecule has 0 amide bonds. The molecule has 0 spiro atoms. The van der Waals surface area contributed by atoms with Gasteiger partial charge in [0.05, 0.1) is 78.3 Å². The van der Waals surface area contributed by atoms with E-state index < -0.39 is 22.7 Å². The number of carbonyl (C=O) groups is 2. The number of hydrogen-bond donors (Lipinski definition) is 2. The van der Waals surface area contributed by atoms with Crippen LogP contribution in [0.15, 0.2) is 58.3 Å². The van der Waals surface area contributed by atoms with Crippen molar-refractivity contribution in [2.75, 3.05) is 56.4 Å². The lowest BCUT2D eigenvalue weighted by Crippen LogP contribution is -2.27. The van der Waals surface area contributed by atoms with Crippen LogP contribution < -0.4 is 0 Å². The van der Waals surface area contributed by atoms with Gasteiger partial charge in [0, 0.05) is 9.79 Å². The summed E-state index contributed by atoms with van der Waals surface area (Å²) < 4.78 is 14.2. The molecule has 7 nitrogen and oxygen atoms in total. The number of hydrogen-bond acceptors (Lipinski definition) is 3. The van der Waals surface area contributed by atoms with Crippen LogP contribution in [0, 0.1) is 0 Å². The van der Waals surface area contributed by atoms with E-state index in [1.165, 1.54) is 48.5 Å². The summed E-state index contributed by atoms with van der Waals surface area (Å²) in [7, 11) is 15.5. The number of carboxylic acids is 2. The zero-order valence-electron chi connectivity index (χ0n) is 19.0. The molecule has 0 saturated heterocycles. The topological polar surface area (TPSA) is 91.7 Å². The highest BCUT2D eigenvalue weighted by molar-refractivity contribution is 7.85. The standard InChI is InChI=1S/C14H10O5S.2C4H12N/c15-13(16)9-1-5-11(6-2-9)20(19)12-7-3-10(4-8-12)14(17)18;2*1-5(2,3)4/h1-8H,(H,15,16)(H,17,18);2*1-4H3/q;2*+1. The SMILES string of the molecule is C[N+](C)(C)C.C[N+](C)(C)C.O=C(O)c1ccc(S(=O)c2ccc(C(=O)O)cc2)cc1. The number of nitrogens with zero attached hydrogens (tertiary/aromatic N) is 2. The fraction of sp³-hybridized carbons (Fsp3) is 0.364. The van der Waals surface area contributed by atoms with Crippen LogP contribution >= 0.6 is 0 Å². The number of rotatable bonds is 4. The molecule has 0 saturated carbocycles. The summed E-state index contributed by atoms with van der Waals surface area (Å²) in [6.07, 6.45) is 0. The fourth-order valence-electron chi connectivity index (χ4n) is 1.58. The van der Waals surface area contributed by atoms with E-state index in [-0.39, 0.29) is 11.1 Å². The van der Waals surface area contributed by atoms with Crippen LogP contribution in [0.5, 0.6) is 0 Å². The third-order valence-corrected chi connectivity index (χ3v) is 4.03. The van der Waals surface area contributed by atoms with Gasteiger partial charge in [0.1, 0.15) is 0 Å². The largest absolute Gasteiger partial charge is 0.478 e. The summed E-state index contributed by atoms with van der Waals surface area (Å²) in [6, 6.07) is 11.4. The molecule has 0 heterocycles. The van der Waals surface area contributed by atoms with Crippen LogP contribution in [0.3, 0.4) is 0 Å². The Morgan fingerprint density at radius 2 is 0.800 bits per heavy atom. The molecule has 0 aromatic heterocycles. The Balaban J connectivity index is 0.000000702. The predicted octanol–water partition coefficient (Wildman–Crippen LogP) is 2.89. The molecule has 30 heavy (non-hydrogen) atoms. The van der Waals surface area contributed by atoms with Gasteiger partial charge in [-0.2, -0.15) is 0 Å². The molecule has 2 aromatic rings. The molecule has 0 aliphatic heterocycles. The van der Waals surface area contributed by atoms with Crippen molar-refractivity contribution >= 4 is 22.7 Å². The lowest BCUT2D eigenvalue weighted by atomic mass is 10.2. The third kappa shape index (κ3) is 13.6. The first-order chi connectivity index (χ1) is 13.5. The normalized spacial score (nSPS) is 11.0. The van der Waals surface area contributed by atoms with E-state index >= 15 is 0 Å². The molecular weight excluding hydrogens is 404 g/mol. The minimum absolute atomic E-state index is 0.118. The second-order valence-electron chi connectivity index (χ2n) is 9.29. The third-order valence-electron chi connectivity index (χ3n) is 2.63. The van der Waals surface area contributed by atoms with Crippen molar-refractivity contribution in [3.63, 3.8) is 0 Å². The summed E-state index contributed by atoms with van der Waals surface area (Å²) in [5.41, 5.74) is 0.235. The van der Waals surface area contributed by atoms with E-state index in [1.54, 1.807) is 0 Å². The van der Waals surface area contributed by atoms with Gasteiger partial charge >= 0.3 is 11.9 Å². The minimum atomic E-state index is -1.48. The van der Waals surface area contributed by atoms with Crippen LogP contribution in [0.25, 0.3) is 0 Å². The van der Waals surface area contributed by atoms with Crippen LogP contribution in [0.1, 0.15) is 20.7 Å². The number of quaternary nitrogens is 2. The molecule has 8 heteroatoms. The molecule has 2 N–H and O–H groups in total. The summed E-state index contributed by atoms with van der Waals surface area (Å²) in [5.74, 6) is -2.10. The first-order valence-corrected chi connectivity index (χ1v) is 10.3. The maximum absolute atomic E-state index is 12.2. The average Bonchev–Trinajstić information content (AvgIpc) is 2.58. The molecule has 2 rings (SSSR count). The summed E-state index contributed by atoms with van der Waals surface area (Å²) in [5, 5.41) is 17.6. The number of benzene rings is 2. The number of aromatic carboxylic acids is 2. The molecule has 0 atom stereocenters. The van der Waals surface area contributed by atoms with Crippen molar-refractivity contribution < 1.29 is 33.0 Å². The molecular formula is C22H34N2O5S+2. The Bertz CT molecular complexity index is 766. The smallest absolute Gasteiger partial charge is 0.335 e. The van der Waals surface area contributed by atoms with Gasteiger partial charge in [-0.05, 0) is 48.5 Å². The van der Waals surface area contributed by atoms with E-state index in [0.29, 0.717) is 9.79 Å². The Labute approximate surface area is 181 Å². The van der Waals surface area contributed by atoms with Gasteiger partial charge in [0.15, 0.2) is 0 Å². The summed E-state index contributed by atoms with van der Waals surface area (Å²) >= 11 is 0. The lowest BCUT2D eigenvalue weighted by molar-refractivity contribution is -0.849. The van der Waals surface area contributed by atoms with E-state index in [9.17, 15) is 13.8 Å². The Morgan fingerprint density at radius 1 is 0.600 bits per heavy atom. The zero-order valence-corrected chi connectivity index (χ0v) is 19.9. The molecule has 0 bridgehead atoms. The van der Waals surface area contributed by atoms with Crippen LogP contribution in [-0.4, -0.2) is 91.7 Å². The maximum Gasteiger partial charge on any atom is 0.335 e. The second kappa shape index (κ2) is 11.6. The lowest BCUT2D eigenvalue weighted by Gasteiger charge is -2.14. The Morgan fingerprint density at radius 3 is 0.967 bits per heavy atom. The zero-order chi connectivity index (χ0) is 23.7. The van der Waals surface area contributed by atoms with Crippen LogP contribution in [0.2, 0.25) is 0 Å². The highest BCUT2D eigenvalue weighted by atomic mass is 32.2. The highest BCUT2D eigenvalue weighted by Gasteiger charge is 2.10. The second-order valence-corrected chi connectivity index (χ2v) is 10.8. The van der Waals surface area contributed by atoms with Gasteiger partial charge in [-0.1, -0.05) is 0 Å². The van der Waals surface area contributed by atoms with Crippen molar-refractivity contribution in [2.24, 2.45) is 0 Å². The van der Waals surface area contributed by atoms with Crippen molar-refractivity contribution in [1.29, 1.82) is 0 Å². The van der Waals surface area contributed by atoms with Crippen LogP contribution in [0.4, 0.5) is 0 Å². The van der Waals surface area contributed by atoms with E-state index in [4.69, 9.17) is 10.2 Å². The number of carboxylic acid groups (broad SMARTS) is 2. The van der Waals surface area contributed by atoms with Gasteiger partial charge in [0.25, 0.3) is 0 Å². The van der Waals surface area contributed by atoms with Gasteiger partial charge in [-0.25, -0.2) is 13.8 Å². The molecule has 2 aromatic carbocycles. The van der Waals surface area contributed by atoms with Gasteiger partial charge < -0.3 is 19.2 Å².